The largest absolute Gasteiger partial charge is 0.381 e. The molecule has 4 saturated heterocycles. The minimum absolute atomic E-state index is 0.168. The lowest BCUT2D eigenvalue weighted by atomic mass is 9.94. The smallest absolute Gasteiger partial charge is 0.256 e. The van der Waals surface area contributed by atoms with Crippen LogP contribution >= 0.6 is 11.8 Å². The molecule has 5 rings (SSSR count). The average Bonchev–Trinajstić information content (AvgIpc) is 3.00. The first kappa shape index (κ1) is 17.3. The molecule has 4 aliphatic heterocycles. The molecule has 0 spiro atoms. The Morgan fingerprint density at radius 3 is 2.80 bits per heavy atom. The van der Waals surface area contributed by atoms with Gasteiger partial charge in [0.2, 0.25) is 0 Å². The number of fused-ring (bicyclic) bond motifs is 4. The van der Waals surface area contributed by atoms with Crippen molar-refractivity contribution < 1.29 is 9.53 Å². The van der Waals surface area contributed by atoms with E-state index in [1.54, 1.807) is 18.0 Å². The van der Waals surface area contributed by atoms with Crippen LogP contribution in [0.2, 0.25) is 0 Å². The number of hydrogen-bond donors (Lipinski definition) is 0. The highest BCUT2D eigenvalue weighted by atomic mass is 32.2. The Kier molecular flexibility index (Phi) is 5.29. The fourth-order valence-corrected chi connectivity index (χ4v) is 5.13. The van der Waals surface area contributed by atoms with Crippen molar-refractivity contribution in [1.82, 2.24) is 14.8 Å². The number of carbonyl (C=O) groups excluding carboxylic acids is 1. The molecular weight excluding hydrogens is 334 g/mol. The number of hydrogen-bond acceptors (Lipinski definition) is 5. The van der Waals surface area contributed by atoms with E-state index in [0.717, 1.165) is 62.7 Å². The standard InChI is InChI=1S/C19H27N3O2S/c1-25-18-17(3-2-8-20-18)19(23)22-12-14-4-5-16(22)13-21(11-14)15-6-9-24-10-7-15/h2-3,8,14-16H,4-7,9-13H2,1H3. The van der Waals surface area contributed by atoms with Gasteiger partial charge >= 0.3 is 0 Å². The van der Waals surface area contributed by atoms with Crippen LogP contribution in [0.25, 0.3) is 0 Å². The van der Waals surface area contributed by atoms with Crippen LogP contribution in [-0.2, 0) is 4.74 Å². The Balaban J connectivity index is 1.53. The van der Waals surface area contributed by atoms with E-state index in [0.29, 0.717) is 18.0 Å². The fraction of sp³-hybridized carbons (Fsp3) is 0.684. The predicted octanol–water partition coefficient (Wildman–Crippen LogP) is 2.52. The number of nitrogens with zero attached hydrogens (tertiary/aromatic N) is 3. The maximum absolute atomic E-state index is 13.2. The fourth-order valence-electron chi connectivity index (χ4n) is 4.59. The molecule has 2 atom stereocenters. The lowest BCUT2D eigenvalue weighted by Crippen LogP contribution is -2.48. The van der Waals surface area contributed by atoms with Crippen LogP contribution in [-0.4, -0.2) is 71.9 Å². The van der Waals surface area contributed by atoms with Crippen LogP contribution in [0.15, 0.2) is 23.4 Å². The molecule has 25 heavy (non-hydrogen) atoms. The van der Waals surface area contributed by atoms with Crippen LogP contribution in [0.3, 0.4) is 0 Å². The number of thioether (sulfide) groups is 1. The molecule has 5 nitrogen and oxygen atoms in total. The van der Waals surface area contributed by atoms with Crippen LogP contribution in [0, 0.1) is 5.92 Å². The quantitative estimate of drug-likeness (QED) is 0.774. The lowest BCUT2D eigenvalue weighted by molar-refractivity contribution is 0.0304. The highest BCUT2D eigenvalue weighted by molar-refractivity contribution is 7.98. The molecule has 2 unspecified atom stereocenters. The van der Waals surface area contributed by atoms with Gasteiger partial charge in [-0.05, 0) is 50.0 Å². The third kappa shape index (κ3) is 3.57. The predicted molar refractivity (Wildman–Crippen MR) is 99.0 cm³/mol. The monoisotopic (exact) mass is 361 g/mol. The van der Waals surface area contributed by atoms with E-state index in [9.17, 15) is 4.79 Å². The molecular formula is C19H27N3O2S. The number of rotatable bonds is 3. The highest BCUT2D eigenvalue weighted by Gasteiger charge is 2.39. The van der Waals surface area contributed by atoms with Gasteiger partial charge in [0.25, 0.3) is 5.91 Å². The number of carbonyl (C=O) groups is 1. The van der Waals surface area contributed by atoms with Crippen LogP contribution < -0.4 is 0 Å². The molecule has 0 radical (unpaired) electrons. The van der Waals surface area contributed by atoms with Gasteiger partial charge in [0.1, 0.15) is 5.03 Å². The molecule has 0 saturated carbocycles. The topological polar surface area (TPSA) is 45.7 Å². The zero-order valence-corrected chi connectivity index (χ0v) is 15.7. The van der Waals surface area contributed by atoms with Gasteiger partial charge in [-0.3, -0.25) is 9.69 Å². The number of piperidine rings is 1. The number of aromatic nitrogens is 1. The SMILES string of the molecule is CSc1ncccc1C(=O)N1CC2CCC1CN(C1CCOCC1)C2. The second-order valence-corrected chi connectivity index (χ2v) is 8.21. The van der Waals surface area contributed by atoms with Gasteiger partial charge in [0.05, 0.1) is 5.56 Å². The van der Waals surface area contributed by atoms with Crippen molar-refractivity contribution in [3.63, 3.8) is 0 Å². The third-order valence-corrected chi connectivity index (χ3v) is 6.62. The maximum Gasteiger partial charge on any atom is 0.256 e. The summed E-state index contributed by atoms with van der Waals surface area (Å²) in [6.07, 6.45) is 8.39. The Morgan fingerprint density at radius 1 is 1.16 bits per heavy atom. The van der Waals surface area contributed by atoms with Crippen molar-refractivity contribution >= 4 is 17.7 Å². The Bertz CT molecular complexity index is 620. The van der Waals surface area contributed by atoms with Gasteiger partial charge < -0.3 is 9.64 Å². The van der Waals surface area contributed by atoms with E-state index in [1.165, 1.54) is 6.42 Å². The molecule has 136 valence electrons. The minimum Gasteiger partial charge on any atom is -0.381 e. The average molecular weight is 362 g/mol. The first-order chi connectivity index (χ1) is 12.3. The van der Waals surface area contributed by atoms with Crippen molar-refractivity contribution in [3.8, 4) is 0 Å². The van der Waals surface area contributed by atoms with Gasteiger partial charge in [0.15, 0.2) is 0 Å². The summed E-state index contributed by atoms with van der Waals surface area (Å²) in [6, 6.07) is 4.77. The maximum atomic E-state index is 13.2. The van der Waals surface area contributed by atoms with Gasteiger partial charge in [-0.2, -0.15) is 0 Å². The number of ether oxygens (including phenoxy) is 1. The minimum atomic E-state index is 0.168. The van der Waals surface area contributed by atoms with E-state index in [1.807, 2.05) is 18.4 Å². The van der Waals surface area contributed by atoms with Crippen molar-refractivity contribution in [2.75, 3.05) is 39.1 Å². The molecule has 0 aromatic carbocycles. The second-order valence-electron chi connectivity index (χ2n) is 7.41. The molecule has 1 aromatic rings. The molecule has 4 aliphatic rings. The summed E-state index contributed by atoms with van der Waals surface area (Å²) >= 11 is 1.55. The zero-order chi connectivity index (χ0) is 17.2. The van der Waals surface area contributed by atoms with Gasteiger partial charge in [-0.1, -0.05) is 0 Å². The van der Waals surface area contributed by atoms with Gasteiger partial charge in [-0.25, -0.2) is 4.98 Å². The molecule has 5 heterocycles. The molecule has 6 heteroatoms. The third-order valence-electron chi connectivity index (χ3n) is 5.90. The molecule has 2 bridgehead atoms. The molecule has 0 aliphatic carbocycles. The van der Waals surface area contributed by atoms with Crippen molar-refractivity contribution in [2.45, 2.75) is 42.8 Å². The number of amides is 1. The normalized spacial score (nSPS) is 28.1. The summed E-state index contributed by atoms with van der Waals surface area (Å²) in [6.45, 7) is 4.80. The Labute approximate surface area is 154 Å². The molecule has 1 amide bonds. The first-order valence-corrected chi connectivity index (χ1v) is 10.6. The summed E-state index contributed by atoms with van der Waals surface area (Å²) in [5.41, 5.74) is 0.764. The van der Waals surface area contributed by atoms with Gasteiger partial charge in [0, 0.05) is 51.1 Å². The Hall–Kier alpha value is -1.11. The lowest BCUT2D eigenvalue weighted by Gasteiger charge is -2.37. The van der Waals surface area contributed by atoms with E-state index in [-0.39, 0.29) is 5.91 Å². The molecule has 0 N–H and O–H groups in total. The molecule has 4 fully saturated rings. The zero-order valence-electron chi connectivity index (χ0n) is 14.9. The highest BCUT2D eigenvalue weighted by Crippen LogP contribution is 2.32. The Morgan fingerprint density at radius 2 is 2.00 bits per heavy atom. The van der Waals surface area contributed by atoms with E-state index < -0.39 is 0 Å². The van der Waals surface area contributed by atoms with Crippen LogP contribution in [0.1, 0.15) is 36.0 Å². The van der Waals surface area contributed by atoms with Crippen molar-refractivity contribution in [2.24, 2.45) is 5.92 Å². The number of pyridine rings is 1. The van der Waals surface area contributed by atoms with Crippen molar-refractivity contribution in [1.29, 1.82) is 0 Å². The first-order valence-electron chi connectivity index (χ1n) is 9.38. The summed E-state index contributed by atoms with van der Waals surface area (Å²) in [5, 5.41) is 0.842. The summed E-state index contributed by atoms with van der Waals surface area (Å²) in [5.74, 6) is 0.765. The van der Waals surface area contributed by atoms with E-state index >= 15 is 0 Å². The molecule has 1 aromatic heterocycles. The van der Waals surface area contributed by atoms with Crippen LogP contribution in [0.4, 0.5) is 0 Å². The second kappa shape index (κ2) is 7.64. The summed E-state index contributed by atoms with van der Waals surface area (Å²) in [4.78, 5) is 22.4. The van der Waals surface area contributed by atoms with E-state index in [4.69, 9.17) is 4.74 Å². The van der Waals surface area contributed by atoms with Crippen LogP contribution in [0.5, 0.6) is 0 Å². The van der Waals surface area contributed by atoms with E-state index in [2.05, 4.69) is 14.8 Å². The van der Waals surface area contributed by atoms with Crippen molar-refractivity contribution in [3.05, 3.63) is 23.9 Å². The summed E-state index contributed by atoms with van der Waals surface area (Å²) < 4.78 is 5.53. The summed E-state index contributed by atoms with van der Waals surface area (Å²) in [7, 11) is 0. The van der Waals surface area contributed by atoms with Gasteiger partial charge in [-0.15, -0.1) is 11.8 Å².